The van der Waals surface area contributed by atoms with Gasteiger partial charge < -0.3 is 25.3 Å². The molecular weight excluding hydrogens is 386 g/mol. The largest absolute Gasteiger partial charge is 0.480 e. The maximum Gasteiger partial charge on any atom is 0.320 e. The Balaban J connectivity index is 5.82. The third-order valence-corrected chi connectivity index (χ3v) is 12.0. The molecule has 0 aromatic carbocycles. The first kappa shape index (κ1) is 25.3. The number of hydrogen-bond donors (Lipinski definition) is 3. The second-order valence-corrected chi connectivity index (χ2v) is 12.9. The van der Waals surface area contributed by atoms with Gasteiger partial charge in [-0.05, 0) is 6.42 Å². The van der Waals surface area contributed by atoms with E-state index in [4.69, 9.17) is 10.8 Å². The minimum absolute atomic E-state index is 0.0802. The normalized spacial score (nSPS) is 12.8. The monoisotopic (exact) mass is 416 g/mol. The molecule has 4 N–H and O–H groups in total. The van der Waals surface area contributed by atoms with Gasteiger partial charge in [0.1, 0.15) is 25.8 Å². The average Bonchev–Trinajstić information content (AvgIpc) is 2.58. The van der Waals surface area contributed by atoms with Crippen LogP contribution in [0.4, 0.5) is 0 Å². The van der Waals surface area contributed by atoms with Gasteiger partial charge in [-0.3, -0.25) is 9.59 Å². The Kier molecular flexibility index (Phi) is 11.2. The predicted octanol–water partition coefficient (Wildman–Crippen LogP) is 3.05. The summed E-state index contributed by atoms with van der Waals surface area (Å²) in [5.74, 6) is -1.77. The van der Waals surface area contributed by atoms with Crippen LogP contribution in [-0.4, -0.2) is 53.2 Å². The van der Waals surface area contributed by atoms with Crippen LogP contribution in [0.3, 0.4) is 0 Å². The number of nitrogens with two attached hydrogens (primary N) is 1. The SMILES string of the molecule is C=CCP(=O)(CC=C)C(NC(=O)CC[C@H](N)C(=O)O)P(=O)(CC=C)CC=C. The lowest BCUT2D eigenvalue weighted by Gasteiger charge is -2.33. The number of carbonyl (C=O) groups excluding carboxylic acids is 1. The number of aliphatic carboxylic acids is 1. The minimum Gasteiger partial charge on any atom is -0.480 e. The van der Waals surface area contributed by atoms with Gasteiger partial charge in [-0.2, -0.15) is 0 Å². The number of hydrogen-bond acceptors (Lipinski definition) is 5. The van der Waals surface area contributed by atoms with Gasteiger partial charge in [0.05, 0.1) is 0 Å². The number of amides is 1. The van der Waals surface area contributed by atoms with E-state index in [1.54, 1.807) is 0 Å². The molecule has 1 amide bonds. The molecule has 1 atom stereocenters. The summed E-state index contributed by atoms with van der Waals surface area (Å²) in [4.78, 5) is 23.2. The second kappa shape index (κ2) is 11.9. The number of rotatable bonds is 15. The van der Waals surface area contributed by atoms with Crippen LogP contribution in [0.1, 0.15) is 12.8 Å². The van der Waals surface area contributed by atoms with Gasteiger partial charge in [0, 0.05) is 31.1 Å². The fourth-order valence-corrected chi connectivity index (χ4v) is 10.5. The lowest BCUT2D eigenvalue weighted by molar-refractivity contribution is -0.138. The lowest BCUT2D eigenvalue weighted by atomic mass is 10.1. The van der Waals surface area contributed by atoms with Crippen LogP contribution in [-0.2, 0) is 18.7 Å². The number of allylic oxidation sites excluding steroid dienone is 4. The van der Waals surface area contributed by atoms with E-state index in [1.807, 2.05) is 0 Å². The topological polar surface area (TPSA) is 127 Å². The smallest absolute Gasteiger partial charge is 0.320 e. The molecule has 0 heterocycles. The summed E-state index contributed by atoms with van der Waals surface area (Å²) in [6.45, 7) is 14.4. The summed E-state index contributed by atoms with van der Waals surface area (Å²) in [6, 6.07) is -1.18. The van der Waals surface area contributed by atoms with E-state index in [0.29, 0.717) is 0 Å². The zero-order valence-electron chi connectivity index (χ0n) is 15.6. The molecule has 152 valence electrons. The average molecular weight is 416 g/mol. The molecule has 0 rings (SSSR count). The van der Waals surface area contributed by atoms with E-state index >= 15 is 0 Å². The molecule has 0 bridgehead atoms. The van der Waals surface area contributed by atoms with Crippen molar-refractivity contribution in [3.05, 3.63) is 50.6 Å². The minimum atomic E-state index is -3.21. The molecule has 27 heavy (non-hydrogen) atoms. The fraction of sp³-hybridized carbons (Fsp3) is 0.444. The summed E-state index contributed by atoms with van der Waals surface area (Å²) in [5.41, 5.74) is 4.32. The third-order valence-electron chi connectivity index (χ3n) is 3.93. The molecule has 7 nitrogen and oxygen atoms in total. The van der Waals surface area contributed by atoms with Crippen molar-refractivity contribution >= 4 is 26.2 Å². The van der Waals surface area contributed by atoms with Crippen LogP contribution in [0, 0.1) is 0 Å². The molecule has 0 fully saturated rings. The Bertz CT molecular complexity index is 609. The number of carboxylic acids is 1. The van der Waals surface area contributed by atoms with Gasteiger partial charge in [-0.1, -0.05) is 24.3 Å². The summed E-state index contributed by atoms with van der Waals surface area (Å²) in [6.07, 6.45) is 5.92. The fourth-order valence-electron chi connectivity index (χ4n) is 2.67. The Hall–Kier alpha value is -1.68. The zero-order chi connectivity index (χ0) is 21.1. The second-order valence-electron chi connectivity index (χ2n) is 6.21. The molecule has 0 saturated heterocycles. The molecule has 0 unspecified atom stereocenters. The number of carboxylic acid groups (broad SMARTS) is 1. The summed E-state index contributed by atoms with van der Waals surface area (Å²) >= 11 is 0. The van der Waals surface area contributed by atoms with E-state index < -0.39 is 37.7 Å². The van der Waals surface area contributed by atoms with Crippen LogP contribution in [0.2, 0.25) is 0 Å². The van der Waals surface area contributed by atoms with Gasteiger partial charge in [0.2, 0.25) is 5.91 Å². The van der Waals surface area contributed by atoms with Gasteiger partial charge in [0.15, 0.2) is 0 Å². The molecule has 0 aliphatic heterocycles. The summed E-state index contributed by atoms with van der Waals surface area (Å²) in [5, 5.41) is 11.5. The highest BCUT2D eigenvalue weighted by Gasteiger charge is 2.44. The first-order valence-electron chi connectivity index (χ1n) is 8.47. The Labute approximate surface area is 161 Å². The maximum absolute atomic E-state index is 13.6. The van der Waals surface area contributed by atoms with Crippen molar-refractivity contribution in [3.63, 3.8) is 0 Å². The zero-order valence-corrected chi connectivity index (χ0v) is 17.4. The lowest BCUT2D eigenvalue weighted by Crippen LogP contribution is -2.38. The van der Waals surface area contributed by atoms with Crippen molar-refractivity contribution in [2.75, 3.05) is 24.6 Å². The molecule has 0 radical (unpaired) electrons. The Morgan fingerprint density at radius 2 is 1.30 bits per heavy atom. The molecule has 0 aliphatic rings. The predicted molar refractivity (Wildman–Crippen MR) is 112 cm³/mol. The third kappa shape index (κ3) is 7.84. The highest BCUT2D eigenvalue weighted by Crippen LogP contribution is 2.67. The van der Waals surface area contributed by atoms with Crippen molar-refractivity contribution < 1.29 is 23.8 Å². The number of carbonyl (C=O) groups is 2. The van der Waals surface area contributed by atoms with E-state index in [9.17, 15) is 18.7 Å². The maximum atomic E-state index is 13.6. The van der Waals surface area contributed by atoms with Crippen molar-refractivity contribution in [1.82, 2.24) is 5.32 Å². The van der Waals surface area contributed by atoms with Crippen molar-refractivity contribution in [2.45, 2.75) is 24.4 Å². The van der Waals surface area contributed by atoms with Gasteiger partial charge in [-0.25, -0.2) is 0 Å². The van der Waals surface area contributed by atoms with Gasteiger partial charge in [-0.15, -0.1) is 26.3 Å². The molecule has 0 aliphatic carbocycles. The van der Waals surface area contributed by atoms with E-state index in [2.05, 4.69) is 31.6 Å². The first-order chi connectivity index (χ1) is 12.6. The van der Waals surface area contributed by atoms with Crippen molar-refractivity contribution in [1.29, 1.82) is 0 Å². The van der Waals surface area contributed by atoms with Crippen molar-refractivity contribution in [3.8, 4) is 0 Å². The van der Waals surface area contributed by atoms with Crippen LogP contribution in [0.15, 0.2) is 50.6 Å². The molecule has 0 aromatic heterocycles. The van der Waals surface area contributed by atoms with Crippen LogP contribution < -0.4 is 11.1 Å². The van der Waals surface area contributed by atoms with Crippen LogP contribution >= 0.6 is 14.3 Å². The Morgan fingerprint density at radius 1 is 0.926 bits per heavy atom. The highest BCUT2D eigenvalue weighted by molar-refractivity contribution is 7.82. The molecule has 9 heteroatoms. The Morgan fingerprint density at radius 3 is 1.59 bits per heavy atom. The summed E-state index contributed by atoms with van der Waals surface area (Å²) < 4.78 is 27.1. The molecule has 0 spiro atoms. The van der Waals surface area contributed by atoms with Crippen LogP contribution in [0.5, 0.6) is 0 Å². The van der Waals surface area contributed by atoms with Gasteiger partial charge in [0.25, 0.3) is 0 Å². The highest BCUT2D eigenvalue weighted by atomic mass is 31.2. The molecule has 0 aromatic rings. The summed E-state index contributed by atoms with van der Waals surface area (Å²) in [7, 11) is -6.41. The van der Waals surface area contributed by atoms with E-state index in [1.165, 1.54) is 24.3 Å². The molecular formula is C18H30N2O5P2. The van der Waals surface area contributed by atoms with Gasteiger partial charge >= 0.3 is 5.97 Å². The van der Waals surface area contributed by atoms with Crippen molar-refractivity contribution in [2.24, 2.45) is 5.73 Å². The van der Waals surface area contributed by atoms with E-state index in [-0.39, 0.29) is 37.5 Å². The standard InChI is InChI=1S/C18H30N2O5P2/c1-5-11-26(24,12-6-2)18(27(25,13-7-3)14-8-4)20-16(21)10-9-15(19)17(22)23/h5-8,15,18H,1-4,9-14,19H2,(H,20,21)(H,22,23)/t15-/m0/s1. The molecule has 0 saturated carbocycles. The van der Waals surface area contributed by atoms with Crippen LogP contribution in [0.25, 0.3) is 0 Å². The first-order valence-corrected chi connectivity index (χ1v) is 12.8. The van der Waals surface area contributed by atoms with E-state index in [0.717, 1.165) is 0 Å². The quantitative estimate of drug-likeness (QED) is 0.278. The number of nitrogens with one attached hydrogen (secondary N) is 1.